The molecule has 126 valence electrons. The topological polar surface area (TPSA) is 79.4 Å². The number of pyridine rings is 1. The van der Waals surface area contributed by atoms with Gasteiger partial charge in [0.25, 0.3) is 0 Å². The molecule has 0 unspecified atom stereocenters. The highest BCUT2D eigenvalue weighted by Gasteiger charge is 2.53. The molecule has 0 aromatic carbocycles. The molecular weight excluding hydrogens is 314 g/mol. The Bertz CT molecular complexity index is 719. The molecule has 1 N–H and O–H groups in total. The van der Waals surface area contributed by atoms with Crippen LogP contribution in [0.3, 0.4) is 0 Å². The monoisotopic (exact) mass is 337 g/mol. The molecule has 2 aliphatic rings. The number of amides is 2. The number of carbonyl (C=O) groups is 1. The van der Waals surface area contributed by atoms with Gasteiger partial charge in [-0.05, 0) is 24.5 Å². The van der Waals surface area contributed by atoms with E-state index in [0.717, 1.165) is 11.3 Å². The minimum Gasteiger partial charge on any atom is -0.338 e. The maximum absolute atomic E-state index is 12.3. The smallest absolute Gasteiger partial charge is 0.317 e. The average molecular weight is 337 g/mol. The zero-order valence-electron chi connectivity index (χ0n) is 13.6. The van der Waals surface area contributed by atoms with E-state index in [1.807, 2.05) is 26.0 Å². The number of hydrogen-bond acceptors (Lipinski definition) is 4. The van der Waals surface area contributed by atoms with Gasteiger partial charge < -0.3 is 10.2 Å². The van der Waals surface area contributed by atoms with Crippen molar-refractivity contribution in [2.75, 3.05) is 31.1 Å². The van der Waals surface area contributed by atoms with Crippen molar-refractivity contribution in [1.29, 1.82) is 0 Å². The van der Waals surface area contributed by atoms with Gasteiger partial charge >= 0.3 is 6.03 Å². The lowest BCUT2D eigenvalue weighted by molar-refractivity contribution is 0.203. The third-order valence-electron chi connectivity index (χ3n) is 5.03. The van der Waals surface area contributed by atoms with E-state index in [-0.39, 0.29) is 28.9 Å². The molecule has 0 bridgehead atoms. The molecule has 1 aromatic rings. The van der Waals surface area contributed by atoms with E-state index >= 15 is 0 Å². The van der Waals surface area contributed by atoms with Gasteiger partial charge in [0.1, 0.15) is 0 Å². The van der Waals surface area contributed by atoms with Crippen molar-refractivity contribution in [2.45, 2.75) is 20.3 Å². The molecule has 2 atom stereocenters. The summed E-state index contributed by atoms with van der Waals surface area (Å²) in [5.74, 6) is 0.471. The second-order valence-corrected chi connectivity index (χ2v) is 9.14. The Balaban J connectivity index is 1.52. The van der Waals surface area contributed by atoms with E-state index in [4.69, 9.17) is 0 Å². The number of likely N-dealkylation sites (tertiary alicyclic amines) is 1. The van der Waals surface area contributed by atoms with Crippen LogP contribution < -0.4 is 5.32 Å². The second kappa shape index (κ2) is 5.78. The Morgan fingerprint density at radius 2 is 2.30 bits per heavy atom. The summed E-state index contributed by atoms with van der Waals surface area (Å²) in [4.78, 5) is 18.4. The van der Waals surface area contributed by atoms with Crippen molar-refractivity contribution in [3.8, 4) is 0 Å². The summed E-state index contributed by atoms with van der Waals surface area (Å²) in [7, 11) is -2.94. The summed E-state index contributed by atoms with van der Waals surface area (Å²) in [5, 5.41) is 2.93. The fourth-order valence-electron chi connectivity index (χ4n) is 3.74. The first kappa shape index (κ1) is 16.2. The minimum absolute atomic E-state index is 0.0660. The van der Waals surface area contributed by atoms with E-state index < -0.39 is 9.84 Å². The number of hydrogen-bond donors (Lipinski definition) is 1. The molecule has 3 rings (SSSR count). The highest BCUT2D eigenvalue weighted by Crippen LogP contribution is 2.43. The highest BCUT2D eigenvalue weighted by molar-refractivity contribution is 7.91. The first-order valence-corrected chi connectivity index (χ1v) is 9.75. The molecule has 3 heterocycles. The molecule has 2 aliphatic heterocycles. The number of rotatable bonds is 3. The third-order valence-corrected chi connectivity index (χ3v) is 7.04. The van der Waals surface area contributed by atoms with E-state index in [1.54, 1.807) is 11.1 Å². The summed E-state index contributed by atoms with van der Waals surface area (Å²) < 4.78 is 23.5. The quantitative estimate of drug-likeness (QED) is 0.893. The normalized spacial score (nSPS) is 28.6. The molecule has 7 heteroatoms. The summed E-state index contributed by atoms with van der Waals surface area (Å²) in [6, 6.07) is 3.80. The molecule has 2 fully saturated rings. The first-order valence-electron chi connectivity index (χ1n) is 7.93. The van der Waals surface area contributed by atoms with E-state index in [1.165, 1.54) is 0 Å². The van der Waals surface area contributed by atoms with E-state index in [9.17, 15) is 13.2 Å². The number of nitrogens with zero attached hydrogens (tertiary/aromatic N) is 2. The predicted molar refractivity (Wildman–Crippen MR) is 87.9 cm³/mol. The van der Waals surface area contributed by atoms with Crippen molar-refractivity contribution in [3.05, 3.63) is 29.6 Å². The van der Waals surface area contributed by atoms with Crippen LogP contribution in [0.1, 0.15) is 18.2 Å². The Hall–Kier alpha value is -1.63. The molecule has 0 spiro atoms. The van der Waals surface area contributed by atoms with Crippen LogP contribution in [-0.2, 0) is 16.3 Å². The number of carbonyl (C=O) groups excluding carboxylic acids is 1. The maximum atomic E-state index is 12.3. The van der Waals surface area contributed by atoms with Gasteiger partial charge in [0.2, 0.25) is 0 Å². The maximum Gasteiger partial charge on any atom is 0.317 e. The Morgan fingerprint density at radius 1 is 1.52 bits per heavy atom. The Labute approximate surface area is 137 Å². The minimum atomic E-state index is -2.94. The molecule has 6 nitrogen and oxygen atoms in total. The summed E-state index contributed by atoms with van der Waals surface area (Å²) in [6.07, 6.45) is 2.45. The molecular formula is C16H23N3O3S. The Morgan fingerprint density at radius 3 is 3.00 bits per heavy atom. The van der Waals surface area contributed by atoms with Gasteiger partial charge in [-0.3, -0.25) is 4.98 Å². The van der Waals surface area contributed by atoms with Gasteiger partial charge in [-0.1, -0.05) is 13.0 Å². The lowest BCUT2D eigenvalue weighted by Gasteiger charge is -2.22. The standard InChI is InChI=1S/C16H23N3O3S/c1-12-4-3-6-17-14(12)5-7-18-15(20)19-8-13-9-23(21,22)11-16(13,2)10-19/h3-4,6,13H,5,7-11H2,1-2H3,(H,18,20)/t13-,16+/m1/s1. The number of aromatic nitrogens is 1. The number of aryl methyl sites for hydroxylation is 1. The summed E-state index contributed by atoms with van der Waals surface area (Å²) in [5.41, 5.74) is 1.83. The number of sulfone groups is 1. The van der Waals surface area contributed by atoms with Crippen molar-refractivity contribution in [2.24, 2.45) is 11.3 Å². The summed E-state index contributed by atoms with van der Waals surface area (Å²) >= 11 is 0. The molecule has 2 amide bonds. The fraction of sp³-hybridized carbons (Fsp3) is 0.625. The van der Waals surface area contributed by atoms with Crippen LogP contribution in [0, 0.1) is 18.3 Å². The largest absolute Gasteiger partial charge is 0.338 e. The van der Waals surface area contributed by atoms with Gasteiger partial charge in [0.15, 0.2) is 9.84 Å². The fourth-order valence-corrected chi connectivity index (χ4v) is 6.31. The van der Waals surface area contributed by atoms with Crippen molar-refractivity contribution < 1.29 is 13.2 Å². The van der Waals surface area contributed by atoms with Gasteiger partial charge in [0, 0.05) is 43.4 Å². The number of urea groups is 1. The predicted octanol–water partition coefficient (Wildman–Crippen LogP) is 1.01. The summed E-state index contributed by atoms with van der Waals surface area (Å²) in [6.45, 7) is 5.57. The molecule has 1 aromatic heterocycles. The van der Waals surface area contributed by atoms with Crippen LogP contribution in [0.25, 0.3) is 0 Å². The molecule has 0 aliphatic carbocycles. The van der Waals surface area contributed by atoms with Crippen molar-refractivity contribution >= 4 is 15.9 Å². The van der Waals surface area contributed by atoms with Crippen LogP contribution in [0.2, 0.25) is 0 Å². The molecule has 0 saturated carbocycles. The lowest BCUT2D eigenvalue weighted by Crippen LogP contribution is -2.41. The van der Waals surface area contributed by atoms with E-state index in [2.05, 4.69) is 10.3 Å². The molecule has 23 heavy (non-hydrogen) atoms. The average Bonchev–Trinajstić information content (AvgIpc) is 2.87. The second-order valence-electron chi connectivity index (χ2n) is 7.03. The van der Waals surface area contributed by atoms with Crippen LogP contribution in [0.15, 0.2) is 18.3 Å². The van der Waals surface area contributed by atoms with Crippen LogP contribution in [0.5, 0.6) is 0 Å². The zero-order valence-corrected chi connectivity index (χ0v) is 14.4. The molecule has 2 saturated heterocycles. The van der Waals surface area contributed by atoms with Crippen molar-refractivity contribution in [3.63, 3.8) is 0 Å². The highest BCUT2D eigenvalue weighted by atomic mass is 32.2. The number of fused-ring (bicyclic) bond motifs is 1. The van der Waals surface area contributed by atoms with Gasteiger partial charge in [-0.2, -0.15) is 0 Å². The van der Waals surface area contributed by atoms with Gasteiger partial charge in [-0.25, -0.2) is 13.2 Å². The zero-order chi connectivity index (χ0) is 16.7. The van der Waals surface area contributed by atoms with Crippen LogP contribution in [0.4, 0.5) is 4.79 Å². The SMILES string of the molecule is Cc1cccnc1CCNC(=O)N1C[C@@H]2CS(=O)(=O)C[C@]2(C)C1. The van der Waals surface area contributed by atoms with Crippen molar-refractivity contribution in [1.82, 2.24) is 15.2 Å². The first-order chi connectivity index (χ1) is 10.8. The van der Waals surface area contributed by atoms with Crippen LogP contribution in [-0.4, -0.2) is 55.5 Å². The third kappa shape index (κ3) is 3.34. The van der Waals surface area contributed by atoms with E-state index in [0.29, 0.717) is 26.1 Å². The van der Waals surface area contributed by atoms with Gasteiger partial charge in [0.05, 0.1) is 11.5 Å². The van der Waals surface area contributed by atoms with Gasteiger partial charge in [-0.15, -0.1) is 0 Å². The number of nitrogens with one attached hydrogen (secondary N) is 1. The Kier molecular flexibility index (Phi) is 4.08. The van der Waals surface area contributed by atoms with Crippen LogP contribution >= 0.6 is 0 Å². The molecule has 0 radical (unpaired) electrons. The lowest BCUT2D eigenvalue weighted by atomic mass is 9.84.